The Balaban J connectivity index is 0.000000701. The minimum absolute atomic E-state index is 0.117. The van der Waals surface area contributed by atoms with E-state index in [4.69, 9.17) is 9.90 Å². The lowest BCUT2D eigenvalue weighted by molar-refractivity contribution is -0.122. The first kappa shape index (κ1) is 19.2. The molecule has 0 radical (unpaired) electrons. The predicted molar refractivity (Wildman–Crippen MR) is 94.5 cm³/mol. The minimum atomic E-state index is -0.250. The van der Waals surface area contributed by atoms with Gasteiger partial charge in [0.2, 0.25) is 0 Å². The van der Waals surface area contributed by atoms with Crippen LogP contribution in [0.5, 0.6) is 0 Å². The van der Waals surface area contributed by atoms with Crippen LogP contribution in [-0.4, -0.2) is 76.4 Å². The summed E-state index contributed by atoms with van der Waals surface area (Å²) in [6.07, 6.45) is 6.12. The van der Waals surface area contributed by atoms with Gasteiger partial charge in [0.05, 0.1) is 0 Å². The lowest BCUT2D eigenvalue weighted by Crippen LogP contribution is -2.52. The minimum Gasteiger partial charge on any atom is -0.483 e. The van der Waals surface area contributed by atoms with Crippen molar-refractivity contribution in [2.45, 2.75) is 44.6 Å². The highest BCUT2D eigenvalue weighted by Gasteiger charge is 2.27. The number of hydrogen-bond donors (Lipinski definition) is 3. The smallest absolute Gasteiger partial charge is 0.317 e. The van der Waals surface area contributed by atoms with E-state index in [1.165, 1.54) is 18.7 Å². The Kier molecular flexibility index (Phi) is 7.72. The van der Waals surface area contributed by atoms with E-state index in [2.05, 4.69) is 27.3 Å². The Labute approximate surface area is 148 Å². The molecular formula is C17H29N5O3. The topological polar surface area (TPSA) is 102 Å². The molecule has 3 heterocycles. The van der Waals surface area contributed by atoms with Crippen molar-refractivity contribution in [1.29, 1.82) is 0 Å². The van der Waals surface area contributed by atoms with E-state index in [0.29, 0.717) is 12.0 Å². The van der Waals surface area contributed by atoms with Crippen LogP contribution in [0.25, 0.3) is 0 Å². The zero-order valence-corrected chi connectivity index (χ0v) is 14.9. The van der Waals surface area contributed by atoms with E-state index in [1.807, 2.05) is 11.0 Å². The molecule has 1 atom stereocenters. The molecule has 2 saturated heterocycles. The number of carbonyl (C=O) groups excluding carboxylic acids is 1. The summed E-state index contributed by atoms with van der Waals surface area (Å²) in [6.45, 7) is 6.83. The lowest BCUT2D eigenvalue weighted by atomic mass is 9.94. The number of nitrogens with zero attached hydrogens (tertiary/aromatic N) is 3. The van der Waals surface area contributed by atoms with Gasteiger partial charge >= 0.3 is 6.03 Å². The molecule has 1 unspecified atom stereocenters. The summed E-state index contributed by atoms with van der Waals surface area (Å²) in [5.74, 6) is 0.511. The molecule has 8 heteroatoms. The fraction of sp³-hybridized carbons (Fsp3) is 0.706. The van der Waals surface area contributed by atoms with Crippen molar-refractivity contribution >= 4 is 12.5 Å². The number of aromatic amines is 1. The summed E-state index contributed by atoms with van der Waals surface area (Å²) in [4.78, 5) is 25.2. The molecule has 1 aromatic rings. The number of H-pyrrole nitrogens is 1. The molecule has 0 aromatic carbocycles. The number of carbonyl (C=O) groups is 2. The molecule has 2 aliphatic heterocycles. The van der Waals surface area contributed by atoms with Gasteiger partial charge in [0.1, 0.15) is 0 Å². The summed E-state index contributed by atoms with van der Waals surface area (Å²) in [5.41, 5.74) is 1.20. The molecule has 2 fully saturated rings. The van der Waals surface area contributed by atoms with E-state index >= 15 is 0 Å². The van der Waals surface area contributed by atoms with Crippen LogP contribution < -0.4 is 5.32 Å². The van der Waals surface area contributed by atoms with Crippen LogP contribution in [0.3, 0.4) is 0 Å². The fourth-order valence-electron chi connectivity index (χ4n) is 3.61. The van der Waals surface area contributed by atoms with Crippen LogP contribution in [0, 0.1) is 0 Å². The number of hydrogen-bond acceptors (Lipinski definition) is 4. The summed E-state index contributed by atoms with van der Waals surface area (Å²) >= 11 is 0. The van der Waals surface area contributed by atoms with Gasteiger partial charge in [0.25, 0.3) is 6.47 Å². The van der Waals surface area contributed by atoms with E-state index < -0.39 is 0 Å². The fourth-order valence-corrected chi connectivity index (χ4v) is 3.61. The molecule has 0 aliphatic carbocycles. The second-order valence-electron chi connectivity index (χ2n) is 6.56. The molecule has 1 aromatic heterocycles. The van der Waals surface area contributed by atoms with Crippen molar-refractivity contribution in [3.63, 3.8) is 0 Å². The van der Waals surface area contributed by atoms with Crippen LogP contribution in [0.1, 0.15) is 44.2 Å². The number of likely N-dealkylation sites (N-methyl/N-ethyl adjacent to an activating group) is 1. The number of piperidine rings is 2. The number of amides is 2. The maximum atomic E-state index is 12.4. The molecule has 0 spiro atoms. The monoisotopic (exact) mass is 351 g/mol. The van der Waals surface area contributed by atoms with Crippen molar-refractivity contribution in [2.24, 2.45) is 0 Å². The highest BCUT2D eigenvalue weighted by Crippen LogP contribution is 2.26. The molecular weight excluding hydrogens is 322 g/mol. The van der Waals surface area contributed by atoms with Crippen LogP contribution in [-0.2, 0) is 4.79 Å². The summed E-state index contributed by atoms with van der Waals surface area (Å²) < 4.78 is 0. The second kappa shape index (κ2) is 10.0. The van der Waals surface area contributed by atoms with Crippen molar-refractivity contribution < 1.29 is 14.7 Å². The zero-order chi connectivity index (χ0) is 18.1. The van der Waals surface area contributed by atoms with Crippen LogP contribution in [0.15, 0.2) is 12.3 Å². The number of rotatable bonds is 3. The van der Waals surface area contributed by atoms with Crippen molar-refractivity contribution in [3.05, 3.63) is 18.0 Å². The van der Waals surface area contributed by atoms with E-state index in [9.17, 15) is 4.79 Å². The highest BCUT2D eigenvalue weighted by atomic mass is 16.3. The molecule has 0 saturated carbocycles. The Bertz CT molecular complexity index is 514. The molecule has 0 bridgehead atoms. The van der Waals surface area contributed by atoms with E-state index in [-0.39, 0.29) is 12.5 Å². The Hall–Kier alpha value is -2.09. The third kappa shape index (κ3) is 5.74. The average molecular weight is 351 g/mol. The van der Waals surface area contributed by atoms with Gasteiger partial charge in [-0.15, -0.1) is 0 Å². The third-order valence-corrected chi connectivity index (χ3v) is 5.02. The van der Waals surface area contributed by atoms with E-state index in [1.54, 1.807) is 6.20 Å². The summed E-state index contributed by atoms with van der Waals surface area (Å²) in [6, 6.07) is 2.47. The van der Waals surface area contributed by atoms with Gasteiger partial charge in [-0.2, -0.15) is 5.10 Å². The van der Waals surface area contributed by atoms with Gasteiger partial charge in [0, 0.05) is 43.5 Å². The molecule has 3 N–H and O–H groups in total. The summed E-state index contributed by atoms with van der Waals surface area (Å²) in [5, 5.41) is 17.2. The SMILES string of the molecule is CCN1CCCC(NC(=O)N2CCC(c3ccn[nH]3)CC2)C1.O=CO. The van der Waals surface area contributed by atoms with Gasteiger partial charge in [0.15, 0.2) is 0 Å². The molecule has 8 nitrogen and oxygen atoms in total. The second-order valence-corrected chi connectivity index (χ2v) is 6.56. The first-order valence-electron chi connectivity index (χ1n) is 9.02. The molecule has 2 aliphatic rings. The number of aromatic nitrogens is 2. The van der Waals surface area contributed by atoms with E-state index in [0.717, 1.165) is 45.4 Å². The third-order valence-electron chi connectivity index (χ3n) is 5.02. The van der Waals surface area contributed by atoms with Gasteiger partial charge < -0.3 is 20.2 Å². The molecule has 3 rings (SSSR count). The maximum absolute atomic E-state index is 12.4. The molecule has 2 amide bonds. The summed E-state index contributed by atoms with van der Waals surface area (Å²) in [7, 11) is 0. The van der Waals surface area contributed by atoms with Gasteiger partial charge in [-0.05, 0) is 44.8 Å². The van der Waals surface area contributed by atoms with Crippen molar-refractivity contribution in [1.82, 2.24) is 25.3 Å². The Morgan fingerprint density at radius 1 is 1.40 bits per heavy atom. The average Bonchev–Trinajstić information content (AvgIpc) is 3.17. The van der Waals surface area contributed by atoms with Crippen LogP contribution in [0.4, 0.5) is 4.79 Å². The van der Waals surface area contributed by atoms with Gasteiger partial charge in [-0.1, -0.05) is 6.92 Å². The standard InChI is InChI=1S/C16H27N5O.CH2O2/c1-2-20-9-3-4-14(12-20)18-16(22)21-10-6-13(7-11-21)15-5-8-17-19-15;2-1-3/h5,8,13-14H,2-4,6-7,9-12H2,1H3,(H,17,19)(H,18,22);1H,(H,2,3). The number of carboxylic acid groups (broad SMARTS) is 1. The predicted octanol–water partition coefficient (Wildman–Crippen LogP) is 1.48. The largest absolute Gasteiger partial charge is 0.483 e. The zero-order valence-electron chi connectivity index (χ0n) is 14.9. The molecule has 140 valence electrons. The number of nitrogens with one attached hydrogen (secondary N) is 2. The normalized spacial score (nSPS) is 22.0. The van der Waals surface area contributed by atoms with Gasteiger partial charge in [-0.25, -0.2) is 4.79 Å². The van der Waals surface area contributed by atoms with Crippen molar-refractivity contribution in [3.8, 4) is 0 Å². The number of urea groups is 1. The lowest BCUT2D eigenvalue weighted by Gasteiger charge is -2.36. The van der Waals surface area contributed by atoms with Crippen LogP contribution in [0.2, 0.25) is 0 Å². The Morgan fingerprint density at radius 2 is 2.12 bits per heavy atom. The quantitative estimate of drug-likeness (QED) is 0.716. The Morgan fingerprint density at radius 3 is 2.72 bits per heavy atom. The first-order chi connectivity index (χ1) is 12.2. The van der Waals surface area contributed by atoms with Crippen molar-refractivity contribution in [2.75, 3.05) is 32.7 Å². The number of likely N-dealkylation sites (tertiary alicyclic amines) is 2. The first-order valence-corrected chi connectivity index (χ1v) is 9.02. The highest BCUT2D eigenvalue weighted by molar-refractivity contribution is 5.74. The van der Waals surface area contributed by atoms with Crippen LogP contribution >= 0.6 is 0 Å². The molecule has 25 heavy (non-hydrogen) atoms. The van der Waals surface area contributed by atoms with Gasteiger partial charge in [-0.3, -0.25) is 9.89 Å². The maximum Gasteiger partial charge on any atom is 0.317 e.